The third-order valence-electron chi connectivity index (χ3n) is 2.11. The maximum Gasteiger partial charge on any atom is 0.358 e. The van der Waals surface area contributed by atoms with Crippen molar-refractivity contribution in [1.29, 1.82) is 0 Å². The molecule has 0 aromatic carbocycles. The molecule has 6 nitrogen and oxygen atoms in total. The summed E-state index contributed by atoms with van der Waals surface area (Å²) in [5.74, 6) is -0.816. The Morgan fingerprint density at radius 2 is 2.11 bits per heavy atom. The maximum absolute atomic E-state index is 11.5. The number of nitrogens with one attached hydrogen (secondary N) is 1. The zero-order valence-electron chi connectivity index (χ0n) is 10.8. The Kier molecular flexibility index (Phi) is 5.24. The van der Waals surface area contributed by atoms with E-state index in [1.54, 1.807) is 7.11 Å². The number of carbonyl (C=O) groups is 2. The Balaban J connectivity index is 2.95. The summed E-state index contributed by atoms with van der Waals surface area (Å²) in [4.78, 5) is 27.3. The molecule has 1 aromatic rings. The first kappa shape index (κ1) is 14.6. The first-order valence-electron chi connectivity index (χ1n) is 5.35. The van der Waals surface area contributed by atoms with Crippen molar-refractivity contribution in [2.45, 2.75) is 19.9 Å². The summed E-state index contributed by atoms with van der Waals surface area (Å²) in [5, 5.41) is 3.56. The lowest BCUT2D eigenvalue weighted by atomic mass is 10.3. The van der Waals surface area contributed by atoms with E-state index in [0.29, 0.717) is 16.6 Å². The number of nitrogens with zero attached hydrogens (tertiary/aromatic N) is 1. The fourth-order valence-corrected chi connectivity index (χ4v) is 2.32. The molecule has 18 heavy (non-hydrogen) atoms. The molecule has 1 atom stereocenters. The second kappa shape index (κ2) is 6.46. The Morgan fingerprint density at radius 3 is 2.61 bits per heavy atom. The second-order valence-corrected chi connectivity index (χ2v) is 4.74. The van der Waals surface area contributed by atoms with Gasteiger partial charge in [-0.25, -0.2) is 9.78 Å². The van der Waals surface area contributed by atoms with Crippen LogP contribution in [-0.4, -0.2) is 43.6 Å². The van der Waals surface area contributed by atoms with Crippen LogP contribution in [0.2, 0.25) is 0 Å². The Hall–Kier alpha value is -1.47. The first-order valence-corrected chi connectivity index (χ1v) is 6.16. The lowest BCUT2D eigenvalue weighted by Crippen LogP contribution is -2.20. The Labute approximate surface area is 109 Å². The van der Waals surface area contributed by atoms with Crippen molar-refractivity contribution in [2.75, 3.05) is 26.1 Å². The van der Waals surface area contributed by atoms with Crippen LogP contribution < -0.4 is 5.32 Å². The smallest absolute Gasteiger partial charge is 0.358 e. The molecule has 0 aliphatic rings. The molecule has 0 fully saturated rings. The number of carbonyl (C=O) groups excluding carboxylic acids is 2. The van der Waals surface area contributed by atoms with Crippen LogP contribution in [0.4, 0.5) is 5.13 Å². The zero-order valence-corrected chi connectivity index (χ0v) is 11.6. The average Bonchev–Trinajstić information content (AvgIpc) is 2.72. The van der Waals surface area contributed by atoms with Gasteiger partial charge in [0, 0.05) is 20.1 Å². The van der Waals surface area contributed by atoms with Gasteiger partial charge in [-0.05, 0) is 6.92 Å². The Bertz CT molecular complexity index is 444. The molecule has 0 bridgehead atoms. The molecular formula is C11H16N2O4S. The standard InChI is InChI=1S/C11H16N2O4S/c1-6(5-16-3)12-11-13-8(10(15)17-4)9(18-11)7(2)14/h6H,5H2,1-4H3,(H,12,13). The van der Waals surface area contributed by atoms with Gasteiger partial charge in [-0.2, -0.15) is 0 Å². The number of aromatic nitrogens is 1. The van der Waals surface area contributed by atoms with Crippen molar-refractivity contribution < 1.29 is 19.1 Å². The molecule has 0 amide bonds. The minimum absolute atomic E-state index is 0.0338. The molecule has 0 saturated heterocycles. The number of hydrogen-bond acceptors (Lipinski definition) is 7. The van der Waals surface area contributed by atoms with Crippen molar-refractivity contribution in [3.8, 4) is 0 Å². The van der Waals surface area contributed by atoms with Gasteiger partial charge in [0.15, 0.2) is 16.6 Å². The molecule has 0 aliphatic heterocycles. The highest BCUT2D eigenvalue weighted by atomic mass is 32.1. The van der Waals surface area contributed by atoms with Gasteiger partial charge in [0.2, 0.25) is 0 Å². The summed E-state index contributed by atoms with van der Waals surface area (Å²) in [6.07, 6.45) is 0. The maximum atomic E-state index is 11.5. The normalized spacial score (nSPS) is 12.0. The van der Waals surface area contributed by atoms with E-state index in [1.165, 1.54) is 14.0 Å². The highest BCUT2D eigenvalue weighted by molar-refractivity contribution is 7.17. The predicted molar refractivity (Wildman–Crippen MR) is 68.4 cm³/mol. The molecule has 1 unspecified atom stereocenters. The molecule has 1 heterocycles. The average molecular weight is 272 g/mol. The molecule has 0 saturated carbocycles. The number of thiazole rings is 1. The molecule has 0 radical (unpaired) electrons. The molecule has 0 aliphatic carbocycles. The topological polar surface area (TPSA) is 77.5 Å². The molecule has 1 aromatic heterocycles. The fourth-order valence-electron chi connectivity index (χ4n) is 1.36. The van der Waals surface area contributed by atoms with E-state index in [9.17, 15) is 9.59 Å². The van der Waals surface area contributed by atoms with Crippen LogP contribution >= 0.6 is 11.3 Å². The van der Waals surface area contributed by atoms with Crippen LogP contribution in [0.3, 0.4) is 0 Å². The molecule has 0 spiro atoms. The summed E-state index contributed by atoms with van der Waals surface area (Å²) in [6.45, 7) is 3.81. The molecule has 100 valence electrons. The van der Waals surface area contributed by atoms with Gasteiger partial charge < -0.3 is 14.8 Å². The number of ketones is 1. The summed E-state index contributed by atoms with van der Waals surface area (Å²) >= 11 is 1.14. The Morgan fingerprint density at radius 1 is 1.44 bits per heavy atom. The minimum atomic E-state index is -0.608. The van der Waals surface area contributed by atoms with Crippen LogP contribution in [-0.2, 0) is 9.47 Å². The summed E-state index contributed by atoms with van der Waals surface area (Å²) in [7, 11) is 2.85. The number of rotatable bonds is 6. The van der Waals surface area contributed by atoms with E-state index >= 15 is 0 Å². The second-order valence-electron chi connectivity index (χ2n) is 3.75. The largest absolute Gasteiger partial charge is 0.464 e. The third kappa shape index (κ3) is 3.51. The van der Waals surface area contributed by atoms with Crippen LogP contribution in [0.5, 0.6) is 0 Å². The monoisotopic (exact) mass is 272 g/mol. The number of Topliss-reactive ketones (excluding diaryl/α,β-unsaturated/α-hetero) is 1. The van der Waals surface area contributed by atoms with Crippen molar-refractivity contribution in [1.82, 2.24) is 4.98 Å². The summed E-state index contributed by atoms with van der Waals surface area (Å²) in [6, 6.07) is 0.0338. The van der Waals surface area contributed by atoms with E-state index in [0.717, 1.165) is 11.3 Å². The molecule has 1 rings (SSSR count). The van der Waals surface area contributed by atoms with Crippen LogP contribution in [0.1, 0.15) is 34.0 Å². The quantitative estimate of drug-likeness (QED) is 0.626. The molecular weight excluding hydrogens is 256 g/mol. The molecule has 1 N–H and O–H groups in total. The number of esters is 1. The number of hydrogen-bond donors (Lipinski definition) is 1. The molecule has 7 heteroatoms. The van der Waals surface area contributed by atoms with E-state index < -0.39 is 5.97 Å². The van der Waals surface area contributed by atoms with Gasteiger partial charge in [0.05, 0.1) is 13.7 Å². The van der Waals surface area contributed by atoms with Gasteiger partial charge in [-0.1, -0.05) is 11.3 Å². The minimum Gasteiger partial charge on any atom is -0.464 e. The number of anilines is 1. The van der Waals surface area contributed by atoms with Crippen molar-refractivity contribution in [3.05, 3.63) is 10.6 Å². The lowest BCUT2D eigenvalue weighted by Gasteiger charge is -2.10. The van der Waals surface area contributed by atoms with Gasteiger partial charge >= 0.3 is 5.97 Å². The van der Waals surface area contributed by atoms with E-state index in [4.69, 9.17) is 4.74 Å². The van der Waals surface area contributed by atoms with Crippen LogP contribution in [0, 0.1) is 0 Å². The summed E-state index contributed by atoms with van der Waals surface area (Å²) in [5.41, 5.74) is 0.0575. The van der Waals surface area contributed by atoms with Crippen LogP contribution in [0.25, 0.3) is 0 Å². The van der Waals surface area contributed by atoms with Gasteiger partial charge in [-0.3, -0.25) is 4.79 Å². The SMILES string of the molecule is COCC(C)Nc1nc(C(=O)OC)c(C(C)=O)s1. The summed E-state index contributed by atoms with van der Waals surface area (Å²) < 4.78 is 9.58. The first-order chi connectivity index (χ1) is 8.49. The lowest BCUT2D eigenvalue weighted by molar-refractivity contribution is 0.0591. The van der Waals surface area contributed by atoms with Gasteiger partial charge in [0.25, 0.3) is 0 Å². The van der Waals surface area contributed by atoms with E-state index in [1.807, 2.05) is 6.92 Å². The van der Waals surface area contributed by atoms with E-state index in [-0.39, 0.29) is 17.5 Å². The van der Waals surface area contributed by atoms with Crippen LogP contribution in [0.15, 0.2) is 0 Å². The van der Waals surface area contributed by atoms with Crippen molar-refractivity contribution in [3.63, 3.8) is 0 Å². The third-order valence-corrected chi connectivity index (χ3v) is 3.20. The van der Waals surface area contributed by atoms with Crippen molar-refractivity contribution in [2.24, 2.45) is 0 Å². The predicted octanol–water partition coefficient (Wildman–Crippen LogP) is 1.58. The highest BCUT2D eigenvalue weighted by Gasteiger charge is 2.22. The van der Waals surface area contributed by atoms with Gasteiger partial charge in [0.1, 0.15) is 4.88 Å². The highest BCUT2D eigenvalue weighted by Crippen LogP contribution is 2.24. The fraction of sp³-hybridized carbons (Fsp3) is 0.545. The zero-order chi connectivity index (χ0) is 13.7. The van der Waals surface area contributed by atoms with Crippen molar-refractivity contribution >= 4 is 28.2 Å². The number of ether oxygens (including phenoxy) is 2. The number of methoxy groups -OCH3 is 2. The van der Waals surface area contributed by atoms with E-state index in [2.05, 4.69) is 15.0 Å². The van der Waals surface area contributed by atoms with Gasteiger partial charge in [-0.15, -0.1) is 0 Å².